The quantitative estimate of drug-likeness (QED) is 0.907. The second-order valence-corrected chi connectivity index (χ2v) is 4.32. The third-order valence-electron chi connectivity index (χ3n) is 3.08. The molecule has 0 saturated heterocycles. The number of nitrogens with two attached hydrogens (primary N) is 1. The molecule has 0 radical (unpaired) electrons. The van der Waals surface area contributed by atoms with E-state index in [1.54, 1.807) is 14.2 Å². The van der Waals surface area contributed by atoms with Crippen molar-refractivity contribution in [3.8, 4) is 11.5 Å². The molecule has 0 heterocycles. The molecule has 2 aromatic rings. The highest BCUT2D eigenvalue weighted by Gasteiger charge is 2.07. The molecule has 0 aliphatic heterocycles. The van der Waals surface area contributed by atoms with Gasteiger partial charge in [0.15, 0.2) is 0 Å². The number of rotatable bonds is 5. The van der Waals surface area contributed by atoms with Gasteiger partial charge >= 0.3 is 0 Å². The summed E-state index contributed by atoms with van der Waals surface area (Å²) in [6.45, 7) is 0.476. The van der Waals surface area contributed by atoms with E-state index >= 15 is 0 Å². The standard InChI is InChI=1S/C17H19NO2/c1-19-15-7-3-5-13(11-15)17(9-10-18)14-6-4-8-16(12-14)20-2/h3-9,11-12H,10,18H2,1-2H3. The topological polar surface area (TPSA) is 44.5 Å². The van der Waals surface area contributed by atoms with E-state index in [0.717, 1.165) is 28.2 Å². The smallest absolute Gasteiger partial charge is 0.119 e. The average Bonchev–Trinajstić information content (AvgIpc) is 2.52. The van der Waals surface area contributed by atoms with Crippen molar-refractivity contribution >= 4 is 5.57 Å². The van der Waals surface area contributed by atoms with Crippen LogP contribution in [0, 0.1) is 0 Å². The summed E-state index contributed by atoms with van der Waals surface area (Å²) in [6.07, 6.45) is 2.00. The maximum Gasteiger partial charge on any atom is 0.119 e. The van der Waals surface area contributed by atoms with Crippen molar-refractivity contribution in [1.82, 2.24) is 0 Å². The van der Waals surface area contributed by atoms with Crippen molar-refractivity contribution in [2.45, 2.75) is 0 Å². The Hall–Kier alpha value is -2.26. The molecule has 2 aromatic carbocycles. The largest absolute Gasteiger partial charge is 0.497 e. The Balaban J connectivity index is 2.47. The third kappa shape index (κ3) is 3.19. The molecule has 3 nitrogen and oxygen atoms in total. The number of benzene rings is 2. The van der Waals surface area contributed by atoms with Crippen LogP contribution in [-0.4, -0.2) is 20.8 Å². The Labute approximate surface area is 119 Å². The highest BCUT2D eigenvalue weighted by Crippen LogP contribution is 2.28. The zero-order valence-electron chi connectivity index (χ0n) is 11.8. The lowest BCUT2D eigenvalue weighted by molar-refractivity contribution is 0.414. The molecule has 2 N–H and O–H groups in total. The lowest BCUT2D eigenvalue weighted by atomic mass is 9.97. The summed E-state index contributed by atoms with van der Waals surface area (Å²) in [5.41, 5.74) is 8.93. The van der Waals surface area contributed by atoms with Gasteiger partial charge in [-0.05, 0) is 41.0 Å². The summed E-state index contributed by atoms with van der Waals surface area (Å²) in [7, 11) is 3.33. The molecular weight excluding hydrogens is 250 g/mol. The SMILES string of the molecule is COc1cccc(C(=CCN)c2cccc(OC)c2)c1. The second-order valence-electron chi connectivity index (χ2n) is 4.32. The minimum absolute atomic E-state index is 0.476. The Kier molecular flexibility index (Phi) is 4.80. The molecule has 0 amide bonds. The van der Waals surface area contributed by atoms with Gasteiger partial charge in [-0.3, -0.25) is 0 Å². The monoisotopic (exact) mass is 269 g/mol. The predicted molar refractivity (Wildman–Crippen MR) is 82.1 cm³/mol. The molecule has 0 spiro atoms. The van der Waals surface area contributed by atoms with Gasteiger partial charge in [-0.2, -0.15) is 0 Å². The van der Waals surface area contributed by atoms with E-state index in [4.69, 9.17) is 15.2 Å². The van der Waals surface area contributed by atoms with E-state index in [-0.39, 0.29) is 0 Å². The molecule has 20 heavy (non-hydrogen) atoms. The van der Waals surface area contributed by atoms with E-state index in [2.05, 4.69) is 0 Å². The van der Waals surface area contributed by atoms with Gasteiger partial charge in [0, 0.05) is 6.54 Å². The summed E-state index contributed by atoms with van der Waals surface area (Å²) < 4.78 is 10.6. The fraction of sp³-hybridized carbons (Fsp3) is 0.176. The molecule has 0 bridgehead atoms. The first-order valence-corrected chi connectivity index (χ1v) is 6.47. The summed E-state index contributed by atoms with van der Waals surface area (Å²) in [4.78, 5) is 0. The van der Waals surface area contributed by atoms with Crippen molar-refractivity contribution in [3.63, 3.8) is 0 Å². The van der Waals surface area contributed by atoms with Gasteiger partial charge in [-0.25, -0.2) is 0 Å². The predicted octanol–water partition coefficient (Wildman–Crippen LogP) is 3.09. The van der Waals surface area contributed by atoms with Gasteiger partial charge in [0.2, 0.25) is 0 Å². The van der Waals surface area contributed by atoms with Crippen molar-refractivity contribution < 1.29 is 9.47 Å². The van der Waals surface area contributed by atoms with Crippen molar-refractivity contribution in [1.29, 1.82) is 0 Å². The maximum absolute atomic E-state index is 5.71. The van der Waals surface area contributed by atoms with Crippen LogP contribution in [0.5, 0.6) is 11.5 Å². The van der Waals surface area contributed by atoms with Crippen LogP contribution in [-0.2, 0) is 0 Å². The zero-order valence-corrected chi connectivity index (χ0v) is 11.8. The first kappa shape index (κ1) is 14.2. The van der Waals surface area contributed by atoms with Crippen LogP contribution < -0.4 is 15.2 Å². The van der Waals surface area contributed by atoms with Gasteiger partial charge in [0.05, 0.1) is 14.2 Å². The highest BCUT2D eigenvalue weighted by molar-refractivity contribution is 5.81. The Morgan fingerprint density at radius 2 is 1.45 bits per heavy atom. The first-order valence-electron chi connectivity index (χ1n) is 6.47. The minimum atomic E-state index is 0.476. The van der Waals surface area contributed by atoms with Crippen LogP contribution in [0.4, 0.5) is 0 Å². The summed E-state index contributed by atoms with van der Waals surface area (Å²) in [6, 6.07) is 15.9. The van der Waals surface area contributed by atoms with E-state index in [9.17, 15) is 0 Å². The molecule has 0 unspecified atom stereocenters. The minimum Gasteiger partial charge on any atom is -0.497 e. The second kappa shape index (κ2) is 6.78. The van der Waals surface area contributed by atoms with Crippen LogP contribution in [0.2, 0.25) is 0 Å². The van der Waals surface area contributed by atoms with Gasteiger partial charge in [-0.15, -0.1) is 0 Å². The van der Waals surface area contributed by atoms with Crippen LogP contribution in [0.25, 0.3) is 5.57 Å². The van der Waals surface area contributed by atoms with Gasteiger partial charge in [0.1, 0.15) is 11.5 Å². The van der Waals surface area contributed by atoms with Crippen molar-refractivity contribution in [3.05, 3.63) is 65.7 Å². The highest BCUT2D eigenvalue weighted by atomic mass is 16.5. The normalized spacial score (nSPS) is 9.95. The van der Waals surface area contributed by atoms with E-state index in [1.165, 1.54) is 0 Å². The lowest BCUT2D eigenvalue weighted by Crippen LogP contribution is -1.98. The van der Waals surface area contributed by atoms with Crippen LogP contribution >= 0.6 is 0 Å². The van der Waals surface area contributed by atoms with Crippen LogP contribution in [0.15, 0.2) is 54.6 Å². The van der Waals surface area contributed by atoms with E-state index in [1.807, 2.05) is 54.6 Å². The fourth-order valence-corrected chi connectivity index (χ4v) is 2.10. The number of methoxy groups -OCH3 is 2. The maximum atomic E-state index is 5.71. The Morgan fingerprint density at radius 3 is 1.85 bits per heavy atom. The number of hydrogen-bond donors (Lipinski definition) is 1. The van der Waals surface area contributed by atoms with Crippen molar-refractivity contribution in [2.75, 3.05) is 20.8 Å². The molecular formula is C17H19NO2. The molecule has 2 rings (SSSR count). The van der Waals surface area contributed by atoms with Crippen molar-refractivity contribution in [2.24, 2.45) is 5.73 Å². The first-order chi connectivity index (χ1) is 9.78. The Morgan fingerprint density at radius 1 is 0.950 bits per heavy atom. The summed E-state index contributed by atoms with van der Waals surface area (Å²) in [5.74, 6) is 1.65. The van der Waals surface area contributed by atoms with Gasteiger partial charge < -0.3 is 15.2 Å². The molecule has 0 fully saturated rings. The van der Waals surface area contributed by atoms with Crippen LogP contribution in [0.3, 0.4) is 0 Å². The average molecular weight is 269 g/mol. The van der Waals surface area contributed by atoms with E-state index in [0.29, 0.717) is 6.54 Å². The van der Waals surface area contributed by atoms with E-state index < -0.39 is 0 Å². The lowest BCUT2D eigenvalue weighted by Gasteiger charge is -2.11. The van der Waals surface area contributed by atoms with Gasteiger partial charge in [-0.1, -0.05) is 30.3 Å². The molecule has 0 aromatic heterocycles. The molecule has 3 heteroatoms. The number of hydrogen-bond acceptors (Lipinski definition) is 3. The summed E-state index contributed by atoms with van der Waals surface area (Å²) >= 11 is 0. The summed E-state index contributed by atoms with van der Waals surface area (Å²) in [5, 5.41) is 0. The Bertz CT molecular complexity index is 556. The molecule has 0 atom stereocenters. The fourth-order valence-electron chi connectivity index (χ4n) is 2.10. The van der Waals surface area contributed by atoms with Gasteiger partial charge in [0.25, 0.3) is 0 Å². The van der Waals surface area contributed by atoms with Crippen LogP contribution in [0.1, 0.15) is 11.1 Å². The third-order valence-corrected chi connectivity index (χ3v) is 3.08. The molecule has 0 aliphatic rings. The molecule has 0 saturated carbocycles. The number of ether oxygens (including phenoxy) is 2. The molecule has 0 aliphatic carbocycles. The zero-order chi connectivity index (χ0) is 14.4. The molecule has 104 valence electrons.